The number of carbonyl (C=O) groups excluding carboxylic acids is 1. The van der Waals surface area contributed by atoms with Gasteiger partial charge in [0.1, 0.15) is 0 Å². The van der Waals surface area contributed by atoms with Crippen molar-refractivity contribution in [1.82, 2.24) is 10.3 Å². The van der Waals surface area contributed by atoms with E-state index in [1.165, 1.54) is 0 Å². The van der Waals surface area contributed by atoms with Gasteiger partial charge in [-0.15, -0.1) is 0 Å². The molecule has 0 spiro atoms. The van der Waals surface area contributed by atoms with Crippen LogP contribution in [0.15, 0.2) is 48.8 Å². The average molecular weight is 317 g/mol. The molecule has 0 aliphatic rings. The summed E-state index contributed by atoms with van der Waals surface area (Å²) >= 11 is 5.95. The Morgan fingerprint density at radius 2 is 1.82 bits per heavy atom. The van der Waals surface area contributed by atoms with Crippen molar-refractivity contribution >= 4 is 17.5 Å². The van der Waals surface area contributed by atoms with E-state index in [1.807, 2.05) is 43.3 Å². The Morgan fingerprint density at radius 1 is 1.18 bits per heavy atom. The second-order valence-corrected chi connectivity index (χ2v) is 5.92. The van der Waals surface area contributed by atoms with Crippen LogP contribution in [0.2, 0.25) is 5.02 Å². The fourth-order valence-electron chi connectivity index (χ4n) is 2.26. The number of carbonyl (C=O) groups is 1. The first kappa shape index (κ1) is 16.5. The largest absolute Gasteiger partial charge is 0.353 e. The number of benzene rings is 1. The van der Waals surface area contributed by atoms with Crippen LogP contribution in [0.3, 0.4) is 0 Å². The molecule has 0 radical (unpaired) electrons. The number of nitrogens with zero attached hydrogens (tertiary/aromatic N) is 1. The summed E-state index contributed by atoms with van der Waals surface area (Å²) in [5.74, 6) is -0.179. The zero-order valence-electron chi connectivity index (χ0n) is 12.9. The van der Waals surface area contributed by atoms with E-state index in [4.69, 9.17) is 11.6 Å². The molecule has 0 bridgehead atoms. The normalized spacial score (nSPS) is 13.4. The first-order valence-electron chi connectivity index (χ1n) is 7.55. The van der Waals surface area contributed by atoms with Gasteiger partial charge in [0.05, 0.1) is 5.92 Å². The minimum Gasteiger partial charge on any atom is -0.353 e. The quantitative estimate of drug-likeness (QED) is 0.876. The zero-order valence-corrected chi connectivity index (χ0v) is 13.7. The van der Waals surface area contributed by atoms with Crippen LogP contribution >= 0.6 is 11.6 Å². The van der Waals surface area contributed by atoms with Gasteiger partial charge < -0.3 is 5.32 Å². The van der Waals surface area contributed by atoms with E-state index in [2.05, 4.69) is 17.2 Å². The summed E-state index contributed by atoms with van der Waals surface area (Å²) in [5, 5.41) is 3.75. The molecule has 4 heteroatoms. The molecule has 1 heterocycles. The Balaban J connectivity index is 2.23. The number of rotatable bonds is 6. The van der Waals surface area contributed by atoms with Crippen LogP contribution in [0.25, 0.3) is 0 Å². The lowest BCUT2D eigenvalue weighted by Crippen LogP contribution is -2.36. The molecule has 2 unspecified atom stereocenters. The molecule has 2 atom stereocenters. The van der Waals surface area contributed by atoms with Gasteiger partial charge in [-0.2, -0.15) is 0 Å². The van der Waals surface area contributed by atoms with Gasteiger partial charge in [-0.3, -0.25) is 9.78 Å². The Kier molecular flexibility index (Phi) is 5.96. The lowest BCUT2D eigenvalue weighted by Gasteiger charge is -2.20. The molecule has 2 aromatic rings. The second-order valence-electron chi connectivity index (χ2n) is 5.48. The molecule has 2 rings (SSSR count). The standard InChI is InChI=1S/C18H21ClN2O/c1-3-13(2)21-18(22)17(12-14-8-10-20-11-9-14)15-4-6-16(19)7-5-15/h4-11,13,17H,3,12H2,1-2H3,(H,21,22). The molecule has 116 valence electrons. The predicted molar refractivity (Wildman–Crippen MR) is 90.0 cm³/mol. The molecule has 1 N–H and O–H groups in total. The zero-order chi connectivity index (χ0) is 15.9. The van der Waals surface area contributed by atoms with Crippen LogP contribution in [0.4, 0.5) is 0 Å². The Labute approximate surface area is 136 Å². The Bertz CT molecular complexity index is 598. The minimum atomic E-state index is -0.228. The van der Waals surface area contributed by atoms with Crippen molar-refractivity contribution in [1.29, 1.82) is 0 Å². The minimum absolute atomic E-state index is 0.0495. The maximum absolute atomic E-state index is 12.6. The van der Waals surface area contributed by atoms with Gasteiger partial charge in [-0.05, 0) is 55.2 Å². The van der Waals surface area contributed by atoms with Gasteiger partial charge in [0.25, 0.3) is 0 Å². The highest BCUT2D eigenvalue weighted by atomic mass is 35.5. The molecule has 22 heavy (non-hydrogen) atoms. The summed E-state index contributed by atoms with van der Waals surface area (Å²) in [6, 6.07) is 11.5. The molecule has 0 fully saturated rings. The first-order chi connectivity index (χ1) is 10.6. The summed E-state index contributed by atoms with van der Waals surface area (Å²) in [4.78, 5) is 16.7. The maximum atomic E-state index is 12.6. The van der Waals surface area contributed by atoms with Crippen molar-refractivity contribution in [2.24, 2.45) is 0 Å². The topological polar surface area (TPSA) is 42.0 Å². The monoisotopic (exact) mass is 316 g/mol. The molecule has 0 saturated carbocycles. The van der Waals surface area contributed by atoms with Crippen molar-refractivity contribution in [3.8, 4) is 0 Å². The summed E-state index contributed by atoms with van der Waals surface area (Å²) in [6.07, 6.45) is 5.06. The van der Waals surface area contributed by atoms with Gasteiger partial charge in [-0.1, -0.05) is 30.7 Å². The number of halogens is 1. The van der Waals surface area contributed by atoms with Crippen molar-refractivity contribution in [3.05, 3.63) is 64.9 Å². The number of aromatic nitrogens is 1. The van der Waals surface area contributed by atoms with Crippen molar-refractivity contribution in [2.75, 3.05) is 0 Å². The summed E-state index contributed by atoms with van der Waals surface area (Å²) in [5.41, 5.74) is 2.07. The molecule has 0 aliphatic carbocycles. The van der Waals surface area contributed by atoms with Crippen LogP contribution in [0.5, 0.6) is 0 Å². The number of hydrogen-bond acceptors (Lipinski definition) is 2. The van der Waals surface area contributed by atoms with Crippen molar-refractivity contribution < 1.29 is 4.79 Å². The highest BCUT2D eigenvalue weighted by molar-refractivity contribution is 6.30. The van der Waals surface area contributed by atoms with Crippen molar-refractivity contribution in [3.63, 3.8) is 0 Å². The number of hydrogen-bond donors (Lipinski definition) is 1. The number of pyridine rings is 1. The first-order valence-corrected chi connectivity index (χ1v) is 7.92. The SMILES string of the molecule is CCC(C)NC(=O)C(Cc1ccncc1)c1ccc(Cl)cc1. The molecule has 1 aromatic carbocycles. The molecular weight excluding hydrogens is 296 g/mol. The van der Waals surface area contributed by atoms with Crippen LogP contribution in [0, 0.1) is 0 Å². The molecular formula is C18H21ClN2O. The van der Waals surface area contributed by atoms with Gasteiger partial charge >= 0.3 is 0 Å². The molecule has 1 amide bonds. The van der Waals surface area contributed by atoms with Crippen LogP contribution < -0.4 is 5.32 Å². The Morgan fingerprint density at radius 3 is 2.41 bits per heavy atom. The third-order valence-electron chi connectivity index (χ3n) is 3.78. The van der Waals surface area contributed by atoms with Crippen LogP contribution in [0.1, 0.15) is 37.3 Å². The number of amides is 1. The van der Waals surface area contributed by atoms with Gasteiger partial charge in [0.2, 0.25) is 5.91 Å². The smallest absolute Gasteiger partial charge is 0.228 e. The van der Waals surface area contributed by atoms with Gasteiger partial charge in [0, 0.05) is 23.5 Å². The lowest BCUT2D eigenvalue weighted by atomic mass is 9.91. The highest BCUT2D eigenvalue weighted by Crippen LogP contribution is 2.23. The summed E-state index contributed by atoms with van der Waals surface area (Å²) < 4.78 is 0. The molecule has 0 aliphatic heterocycles. The van der Waals surface area contributed by atoms with E-state index in [-0.39, 0.29) is 17.9 Å². The number of nitrogens with one attached hydrogen (secondary N) is 1. The van der Waals surface area contributed by atoms with E-state index in [1.54, 1.807) is 12.4 Å². The molecule has 1 aromatic heterocycles. The Hall–Kier alpha value is -1.87. The fraction of sp³-hybridized carbons (Fsp3) is 0.333. The third kappa shape index (κ3) is 4.57. The highest BCUT2D eigenvalue weighted by Gasteiger charge is 2.22. The predicted octanol–water partition coefficient (Wildman–Crippen LogP) is 3.98. The van der Waals surface area contributed by atoms with Crippen LogP contribution in [-0.2, 0) is 11.2 Å². The van der Waals surface area contributed by atoms with Crippen LogP contribution in [-0.4, -0.2) is 16.9 Å². The lowest BCUT2D eigenvalue weighted by molar-refractivity contribution is -0.123. The van der Waals surface area contributed by atoms with Gasteiger partial charge in [-0.25, -0.2) is 0 Å². The average Bonchev–Trinajstić information content (AvgIpc) is 2.54. The van der Waals surface area contributed by atoms with E-state index in [9.17, 15) is 4.79 Å². The van der Waals surface area contributed by atoms with Crippen molar-refractivity contribution in [2.45, 2.75) is 38.6 Å². The fourth-order valence-corrected chi connectivity index (χ4v) is 2.38. The van der Waals surface area contributed by atoms with E-state index >= 15 is 0 Å². The maximum Gasteiger partial charge on any atom is 0.228 e. The second kappa shape index (κ2) is 7.95. The van der Waals surface area contributed by atoms with E-state index in [0.29, 0.717) is 11.4 Å². The molecule has 0 saturated heterocycles. The third-order valence-corrected chi connectivity index (χ3v) is 4.03. The van der Waals surface area contributed by atoms with Gasteiger partial charge in [0.15, 0.2) is 0 Å². The molecule has 3 nitrogen and oxygen atoms in total. The van der Waals surface area contributed by atoms with E-state index < -0.39 is 0 Å². The summed E-state index contributed by atoms with van der Waals surface area (Å²) in [7, 11) is 0. The summed E-state index contributed by atoms with van der Waals surface area (Å²) in [6.45, 7) is 4.08. The van der Waals surface area contributed by atoms with E-state index in [0.717, 1.165) is 17.5 Å².